The van der Waals surface area contributed by atoms with Gasteiger partial charge in [0.1, 0.15) is 0 Å². The van der Waals surface area contributed by atoms with Gasteiger partial charge in [0.15, 0.2) is 0 Å². The molecule has 0 aliphatic heterocycles. The maximum Gasteiger partial charge on any atom is 0.0440 e. The third-order valence-corrected chi connectivity index (χ3v) is 4.01. The molecule has 0 radical (unpaired) electrons. The van der Waals surface area contributed by atoms with Crippen molar-refractivity contribution in [2.24, 2.45) is 0 Å². The fourth-order valence-corrected chi connectivity index (χ4v) is 2.49. The lowest BCUT2D eigenvalue weighted by atomic mass is 9.99. The van der Waals surface area contributed by atoms with E-state index in [1.54, 1.807) is 0 Å². The highest BCUT2D eigenvalue weighted by molar-refractivity contribution is 5.78. The molecule has 21 heavy (non-hydrogen) atoms. The SMILES string of the molecule is CNC(C)CCc1ccc(-c2ccccc2N(C)C)cc1. The highest BCUT2D eigenvalue weighted by atomic mass is 15.1. The molecule has 2 rings (SSSR count). The van der Waals surface area contributed by atoms with Gasteiger partial charge in [0, 0.05) is 31.4 Å². The molecule has 2 nitrogen and oxygen atoms in total. The third-order valence-electron chi connectivity index (χ3n) is 4.01. The molecule has 0 aliphatic rings. The van der Waals surface area contributed by atoms with E-state index in [4.69, 9.17) is 0 Å². The second-order valence-electron chi connectivity index (χ2n) is 5.84. The average molecular weight is 282 g/mol. The van der Waals surface area contributed by atoms with Crippen LogP contribution in [0.25, 0.3) is 11.1 Å². The van der Waals surface area contributed by atoms with Crippen molar-refractivity contribution in [2.75, 3.05) is 26.0 Å². The monoisotopic (exact) mass is 282 g/mol. The summed E-state index contributed by atoms with van der Waals surface area (Å²) in [6.07, 6.45) is 2.29. The standard InChI is InChI=1S/C19H26N2/c1-15(20-2)9-10-16-11-13-17(14-12-16)18-7-5-6-8-19(18)21(3)4/h5-8,11-15,20H,9-10H2,1-4H3. The molecule has 1 atom stereocenters. The van der Waals surface area contributed by atoms with E-state index in [9.17, 15) is 0 Å². The van der Waals surface area contributed by atoms with E-state index in [0.717, 1.165) is 6.42 Å². The zero-order valence-electron chi connectivity index (χ0n) is 13.6. The van der Waals surface area contributed by atoms with E-state index in [0.29, 0.717) is 6.04 Å². The van der Waals surface area contributed by atoms with Gasteiger partial charge in [-0.1, -0.05) is 42.5 Å². The number of rotatable bonds is 6. The molecule has 0 saturated heterocycles. The maximum absolute atomic E-state index is 3.29. The zero-order chi connectivity index (χ0) is 15.2. The van der Waals surface area contributed by atoms with Crippen LogP contribution in [0.1, 0.15) is 18.9 Å². The molecular weight excluding hydrogens is 256 g/mol. The van der Waals surface area contributed by atoms with Crippen LogP contribution < -0.4 is 10.2 Å². The molecule has 1 N–H and O–H groups in total. The van der Waals surface area contributed by atoms with Crippen LogP contribution in [-0.2, 0) is 6.42 Å². The third kappa shape index (κ3) is 4.08. The number of hydrogen-bond donors (Lipinski definition) is 1. The first-order valence-electron chi connectivity index (χ1n) is 7.64. The van der Waals surface area contributed by atoms with E-state index in [2.05, 4.69) is 79.8 Å². The summed E-state index contributed by atoms with van der Waals surface area (Å²) in [5.41, 5.74) is 5.24. The fourth-order valence-electron chi connectivity index (χ4n) is 2.49. The van der Waals surface area contributed by atoms with Gasteiger partial charge in [-0.3, -0.25) is 0 Å². The van der Waals surface area contributed by atoms with Crippen LogP contribution in [0.5, 0.6) is 0 Å². The molecule has 0 saturated carbocycles. The summed E-state index contributed by atoms with van der Waals surface area (Å²) in [7, 11) is 6.20. The molecule has 112 valence electrons. The van der Waals surface area contributed by atoms with Gasteiger partial charge in [-0.05, 0) is 44.0 Å². The van der Waals surface area contributed by atoms with Crippen molar-refractivity contribution in [3.05, 3.63) is 54.1 Å². The summed E-state index contributed by atoms with van der Waals surface area (Å²) in [6, 6.07) is 18.1. The van der Waals surface area contributed by atoms with E-state index in [1.807, 2.05) is 7.05 Å². The molecule has 2 heteroatoms. The molecule has 0 fully saturated rings. The maximum atomic E-state index is 3.29. The minimum atomic E-state index is 0.569. The number of aryl methyl sites for hydroxylation is 1. The fraction of sp³-hybridized carbons (Fsp3) is 0.368. The second-order valence-corrected chi connectivity index (χ2v) is 5.84. The van der Waals surface area contributed by atoms with Crippen LogP contribution in [0.3, 0.4) is 0 Å². The first kappa shape index (κ1) is 15.6. The Morgan fingerprint density at radius 1 is 1.00 bits per heavy atom. The molecule has 0 spiro atoms. The van der Waals surface area contributed by atoms with E-state index in [1.165, 1.54) is 28.8 Å². The van der Waals surface area contributed by atoms with Crippen molar-refractivity contribution < 1.29 is 0 Å². The number of benzene rings is 2. The lowest BCUT2D eigenvalue weighted by molar-refractivity contribution is 0.565. The Morgan fingerprint density at radius 3 is 2.29 bits per heavy atom. The molecule has 0 amide bonds. The van der Waals surface area contributed by atoms with E-state index >= 15 is 0 Å². The van der Waals surface area contributed by atoms with Crippen LogP contribution >= 0.6 is 0 Å². The Kier molecular flexibility index (Phi) is 5.40. The van der Waals surface area contributed by atoms with Gasteiger partial charge in [0.2, 0.25) is 0 Å². The summed E-state index contributed by atoms with van der Waals surface area (Å²) in [6.45, 7) is 2.22. The van der Waals surface area contributed by atoms with Gasteiger partial charge in [0.25, 0.3) is 0 Å². The van der Waals surface area contributed by atoms with Gasteiger partial charge in [0.05, 0.1) is 0 Å². The Labute approximate surface area is 128 Å². The molecular formula is C19H26N2. The van der Waals surface area contributed by atoms with E-state index < -0.39 is 0 Å². The van der Waals surface area contributed by atoms with Crippen molar-refractivity contribution in [3.8, 4) is 11.1 Å². The topological polar surface area (TPSA) is 15.3 Å². The first-order chi connectivity index (χ1) is 10.1. The van der Waals surface area contributed by atoms with Crippen LogP contribution in [-0.4, -0.2) is 27.2 Å². The summed E-state index contributed by atoms with van der Waals surface area (Å²) in [5.74, 6) is 0. The van der Waals surface area contributed by atoms with Crippen molar-refractivity contribution in [2.45, 2.75) is 25.8 Å². The lowest BCUT2D eigenvalue weighted by Crippen LogP contribution is -2.21. The predicted octanol–water partition coefficient (Wildman–Crippen LogP) is 3.96. The Bertz CT molecular complexity index is 558. The Balaban J connectivity index is 2.16. The van der Waals surface area contributed by atoms with Crippen molar-refractivity contribution >= 4 is 5.69 Å². The lowest BCUT2D eigenvalue weighted by Gasteiger charge is -2.17. The van der Waals surface area contributed by atoms with Gasteiger partial charge >= 0.3 is 0 Å². The normalized spacial score (nSPS) is 12.2. The average Bonchev–Trinajstić information content (AvgIpc) is 2.53. The molecule has 0 heterocycles. The van der Waals surface area contributed by atoms with Gasteiger partial charge in [-0.15, -0.1) is 0 Å². The smallest absolute Gasteiger partial charge is 0.0440 e. The van der Waals surface area contributed by atoms with Gasteiger partial charge < -0.3 is 10.2 Å². The molecule has 1 unspecified atom stereocenters. The van der Waals surface area contributed by atoms with Crippen molar-refractivity contribution in [3.63, 3.8) is 0 Å². The molecule has 0 aliphatic carbocycles. The quantitative estimate of drug-likeness (QED) is 0.862. The summed E-state index contributed by atoms with van der Waals surface area (Å²) in [5, 5.41) is 3.29. The number of nitrogens with zero attached hydrogens (tertiary/aromatic N) is 1. The van der Waals surface area contributed by atoms with Crippen LogP contribution in [0.2, 0.25) is 0 Å². The first-order valence-corrected chi connectivity index (χ1v) is 7.64. The van der Waals surface area contributed by atoms with Gasteiger partial charge in [-0.25, -0.2) is 0 Å². The summed E-state index contributed by atoms with van der Waals surface area (Å²) in [4.78, 5) is 2.16. The summed E-state index contributed by atoms with van der Waals surface area (Å²) >= 11 is 0. The second kappa shape index (κ2) is 7.28. The highest BCUT2D eigenvalue weighted by Crippen LogP contribution is 2.29. The Hall–Kier alpha value is -1.80. The number of hydrogen-bond acceptors (Lipinski definition) is 2. The number of anilines is 1. The van der Waals surface area contributed by atoms with Crippen molar-refractivity contribution in [1.29, 1.82) is 0 Å². The molecule has 2 aromatic rings. The largest absolute Gasteiger partial charge is 0.377 e. The molecule has 0 bridgehead atoms. The highest BCUT2D eigenvalue weighted by Gasteiger charge is 2.06. The minimum absolute atomic E-state index is 0.569. The zero-order valence-corrected chi connectivity index (χ0v) is 13.6. The van der Waals surface area contributed by atoms with E-state index in [-0.39, 0.29) is 0 Å². The minimum Gasteiger partial charge on any atom is -0.377 e. The molecule has 2 aromatic carbocycles. The van der Waals surface area contributed by atoms with Crippen LogP contribution in [0.4, 0.5) is 5.69 Å². The van der Waals surface area contributed by atoms with Gasteiger partial charge in [-0.2, -0.15) is 0 Å². The number of para-hydroxylation sites is 1. The molecule has 0 aromatic heterocycles. The van der Waals surface area contributed by atoms with Crippen LogP contribution in [0.15, 0.2) is 48.5 Å². The Morgan fingerprint density at radius 2 is 1.67 bits per heavy atom. The van der Waals surface area contributed by atoms with Crippen molar-refractivity contribution in [1.82, 2.24) is 5.32 Å². The number of nitrogens with one attached hydrogen (secondary N) is 1. The van der Waals surface area contributed by atoms with Crippen LogP contribution in [0, 0.1) is 0 Å². The predicted molar refractivity (Wildman–Crippen MR) is 93.0 cm³/mol. The summed E-state index contributed by atoms with van der Waals surface area (Å²) < 4.78 is 0.